The van der Waals surface area contributed by atoms with Crippen LogP contribution in [-0.4, -0.2) is 36.0 Å². The van der Waals surface area contributed by atoms with E-state index in [1.807, 2.05) is 12.3 Å². The van der Waals surface area contributed by atoms with E-state index in [1.54, 1.807) is 10.9 Å². The van der Waals surface area contributed by atoms with Gasteiger partial charge in [0, 0.05) is 5.38 Å². The van der Waals surface area contributed by atoms with Crippen molar-refractivity contribution in [2.45, 2.75) is 19.8 Å². The van der Waals surface area contributed by atoms with Gasteiger partial charge in [-0.3, -0.25) is 5.10 Å². The first-order valence-electron chi connectivity index (χ1n) is 6.45. The lowest BCUT2D eigenvalue weighted by atomic mass is 9.94. The van der Waals surface area contributed by atoms with Gasteiger partial charge in [0.15, 0.2) is 5.69 Å². The van der Waals surface area contributed by atoms with Gasteiger partial charge in [-0.1, -0.05) is 0 Å². The Morgan fingerprint density at radius 3 is 3.05 bits per heavy atom. The van der Waals surface area contributed by atoms with E-state index in [1.165, 1.54) is 11.3 Å². The average Bonchev–Trinajstić information content (AvgIpc) is 3.13. The molecule has 0 saturated carbocycles. The van der Waals surface area contributed by atoms with Crippen molar-refractivity contribution in [2.75, 3.05) is 0 Å². The molecule has 2 N–H and O–H groups in total. The van der Waals surface area contributed by atoms with Crippen molar-refractivity contribution in [2.24, 2.45) is 0 Å². The summed E-state index contributed by atoms with van der Waals surface area (Å²) in [4.78, 5) is 15.9. The minimum Gasteiger partial charge on any atom is -0.476 e. The van der Waals surface area contributed by atoms with Crippen LogP contribution in [0.25, 0.3) is 16.4 Å². The Labute approximate surface area is 123 Å². The fourth-order valence-electron chi connectivity index (χ4n) is 2.66. The summed E-state index contributed by atoms with van der Waals surface area (Å²) in [5, 5.41) is 23.2. The summed E-state index contributed by atoms with van der Waals surface area (Å²) < 4.78 is 1.65. The van der Waals surface area contributed by atoms with E-state index in [4.69, 9.17) is 0 Å². The molecule has 21 heavy (non-hydrogen) atoms. The third-order valence-corrected chi connectivity index (χ3v) is 4.50. The molecule has 0 aromatic carbocycles. The maximum absolute atomic E-state index is 11.5. The SMILES string of the molecule is Cc1csc(-n2nc(C(=O)O)c3c2CCc2cn[nH]c2-3)n1. The molecule has 0 fully saturated rings. The molecule has 0 bridgehead atoms. The van der Waals surface area contributed by atoms with E-state index >= 15 is 0 Å². The van der Waals surface area contributed by atoms with Crippen molar-refractivity contribution >= 4 is 17.3 Å². The summed E-state index contributed by atoms with van der Waals surface area (Å²) in [5.41, 5.74) is 4.23. The van der Waals surface area contributed by atoms with Gasteiger partial charge in [0.2, 0.25) is 5.13 Å². The van der Waals surface area contributed by atoms with Crippen LogP contribution < -0.4 is 0 Å². The predicted molar refractivity (Wildman–Crippen MR) is 75.9 cm³/mol. The number of aromatic carboxylic acids is 1. The number of carbonyl (C=O) groups is 1. The van der Waals surface area contributed by atoms with Gasteiger partial charge >= 0.3 is 5.97 Å². The van der Waals surface area contributed by atoms with Gasteiger partial charge in [0.25, 0.3) is 0 Å². The number of H-pyrrole nitrogens is 1. The van der Waals surface area contributed by atoms with Crippen LogP contribution in [0, 0.1) is 6.92 Å². The number of thiazole rings is 1. The molecule has 0 saturated heterocycles. The Hall–Kier alpha value is -2.48. The maximum Gasteiger partial charge on any atom is 0.357 e. The smallest absolute Gasteiger partial charge is 0.357 e. The summed E-state index contributed by atoms with van der Waals surface area (Å²) in [7, 11) is 0. The number of rotatable bonds is 2. The Morgan fingerprint density at radius 2 is 2.33 bits per heavy atom. The molecule has 3 heterocycles. The number of hydrogen-bond donors (Lipinski definition) is 2. The number of fused-ring (bicyclic) bond motifs is 3. The first kappa shape index (κ1) is 12.3. The molecule has 3 aromatic rings. The van der Waals surface area contributed by atoms with E-state index in [9.17, 15) is 9.90 Å². The van der Waals surface area contributed by atoms with E-state index in [0.717, 1.165) is 35.5 Å². The summed E-state index contributed by atoms with van der Waals surface area (Å²) in [6.07, 6.45) is 3.28. The molecule has 4 rings (SSSR count). The molecule has 0 spiro atoms. The van der Waals surface area contributed by atoms with Crippen molar-refractivity contribution < 1.29 is 9.90 Å². The lowest BCUT2D eigenvalue weighted by Gasteiger charge is -2.12. The number of carboxylic acid groups (broad SMARTS) is 1. The maximum atomic E-state index is 11.5. The summed E-state index contributed by atoms with van der Waals surface area (Å²) in [6, 6.07) is 0. The highest BCUT2D eigenvalue weighted by Crippen LogP contribution is 2.36. The second-order valence-corrected chi connectivity index (χ2v) is 5.77. The number of hydrogen-bond acceptors (Lipinski definition) is 5. The van der Waals surface area contributed by atoms with Crippen molar-refractivity contribution in [1.82, 2.24) is 25.0 Å². The Morgan fingerprint density at radius 1 is 1.48 bits per heavy atom. The molecule has 106 valence electrons. The van der Waals surface area contributed by atoms with Gasteiger partial charge in [-0.05, 0) is 25.3 Å². The van der Waals surface area contributed by atoms with E-state index in [2.05, 4.69) is 20.3 Å². The van der Waals surface area contributed by atoms with Gasteiger partial charge in [-0.2, -0.15) is 10.2 Å². The van der Waals surface area contributed by atoms with Crippen LogP contribution in [0.2, 0.25) is 0 Å². The van der Waals surface area contributed by atoms with E-state index < -0.39 is 5.97 Å². The first-order valence-corrected chi connectivity index (χ1v) is 7.33. The second kappa shape index (κ2) is 4.26. The quantitative estimate of drug-likeness (QED) is 0.752. The summed E-state index contributed by atoms with van der Waals surface area (Å²) >= 11 is 1.45. The van der Waals surface area contributed by atoms with Crippen molar-refractivity contribution in [3.8, 4) is 16.4 Å². The van der Waals surface area contributed by atoms with E-state index in [0.29, 0.717) is 10.7 Å². The fourth-order valence-corrected chi connectivity index (χ4v) is 3.44. The van der Waals surface area contributed by atoms with Crippen LogP contribution >= 0.6 is 11.3 Å². The summed E-state index contributed by atoms with van der Waals surface area (Å²) in [6.45, 7) is 1.90. The highest BCUT2D eigenvalue weighted by Gasteiger charge is 2.30. The second-order valence-electron chi connectivity index (χ2n) is 4.93. The lowest BCUT2D eigenvalue weighted by Crippen LogP contribution is -2.08. The number of carboxylic acids is 1. The minimum absolute atomic E-state index is 0.0445. The Kier molecular flexibility index (Phi) is 2.49. The Balaban J connectivity index is 2.01. The minimum atomic E-state index is -1.04. The number of aromatic nitrogens is 5. The molecule has 0 aliphatic heterocycles. The Bertz CT molecular complexity index is 860. The predicted octanol–water partition coefficient (Wildman–Crippen LogP) is 1.82. The highest BCUT2D eigenvalue weighted by molar-refractivity contribution is 7.12. The number of nitrogens with zero attached hydrogens (tertiary/aromatic N) is 4. The first-order chi connectivity index (χ1) is 10.1. The van der Waals surface area contributed by atoms with Gasteiger partial charge in [0.1, 0.15) is 0 Å². The number of nitrogens with one attached hydrogen (secondary N) is 1. The molecular formula is C13H11N5O2S. The molecule has 1 aliphatic rings. The van der Waals surface area contributed by atoms with Gasteiger partial charge in [-0.25, -0.2) is 14.5 Å². The van der Waals surface area contributed by atoms with Crippen LogP contribution in [0.1, 0.15) is 27.4 Å². The van der Waals surface area contributed by atoms with Gasteiger partial charge < -0.3 is 5.11 Å². The zero-order valence-corrected chi connectivity index (χ0v) is 11.9. The normalized spacial score (nSPS) is 13.0. The van der Waals surface area contributed by atoms with E-state index in [-0.39, 0.29) is 5.69 Å². The van der Waals surface area contributed by atoms with Crippen LogP contribution in [0.5, 0.6) is 0 Å². The molecule has 0 unspecified atom stereocenters. The zero-order chi connectivity index (χ0) is 14.6. The van der Waals surface area contributed by atoms with Crippen LogP contribution in [-0.2, 0) is 12.8 Å². The monoisotopic (exact) mass is 301 g/mol. The third-order valence-electron chi connectivity index (χ3n) is 3.57. The molecule has 1 aliphatic carbocycles. The zero-order valence-electron chi connectivity index (χ0n) is 11.1. The lowest BCUT2D eigenvalue weighted by molar-refractivity contribution is 0.0691. The number of aryl methyl sites for hydroxylation is 2. The molecule has 7 nitrogen and oxygen atoms in total. The number of aromatic amines is 1. The van der Waals surface area contributed by atoms with Gasteiger partial charge in [-0.15, -0.1) is 11.3 Å². The van der Waals surface area contributed by atoms with Crippen LogP contribution in [0.4, 0.5) is 0 Å². The average molecular weight is 301 g/mol. The highest BCUT2D eigenvalue weighted by atomic mass is 32.1. The topological polar surface area (TPSA) is 96.7 Å². The standard InChI is InChI=1S/C13H11N5O2S/c1-6-5-21-13(15-6)18-8-3-2-7-4-14-16-10(7)9(8)11(17-18)12(19)20/h4-5H,2-3H2,1H3,(H,14,16)(H,19,20). The third kappa shape index (κ3) is 1.72. The molecule has 8 heteroatoms. The molecule has 0 amide bonds. The molecule has 0 atom stereocenters. The molecule has 3 aromatic heterocycles. The largest absolute Gasteiger partial charge is 0.476 e. The van der Waals surface area contributed by atoms with Gasteiger partial charge in [0.05, 0.1) is 28.8 Å². The van der Waals surface area contributed by atoms with Crippen molar-refractivity contribution in [3.63, 3.8) is 0 Å². The fraction of sp³-hybridized carbons (Fsp3) is 0.231. The molecular weight excluding hydrogens is 290 g/mol. The van der Waals surface area contributed by atoms with Crippen molar-refractivity contribution in [3.05, 3.63) is 34.2 Å². The molecule has 0 radical (unpaired) electrons. The van der Waals surface area contributed by atoms with Crippen molar-refractivity contribution in [1.29, 1.82) is 0 Å². The van der Waals surface area contributed by atoms with Crippen LogP contribution in [0.15, 0.2) is 11.6 Å². The summed E-state index contributed by atoms with van der Waals surface area (Å²) in [5.74, 6) is -1.04. The van der Waals surface area contributed by atoms with Crippen LogP contribution in [0.3, 0.4) is 0 Å².